The summed E-state index contributed by atoms with van der Waals surface area (Å²) in [7, 11) is 1.86. The van der Waals surface area contributed by atoms with Crippen LogP contribution in [0.4, 0.5) is 0 Å². The van der Waals surface area contributed by atoms with Gasteiger partial charge in [-0.2, -0.15) is 0 Å². The highest BCUT2D eigenvalue weighted by Gasteiger charge is 2.19. The third-order valence-corrected chi connectivity index (χ3v) is 2.09. The summed E-state index contributed by atoms with van der Waals surface area (Å²) in [6.07, 6.45) is 1.87. The van der Waals surface area contributed by atoms with Crippen molar-refractivity contribution in [2.75, 3.05) is 20.1 Å². The fourth-order valence-electron chi connectivity index (χ4n) is 1.33. The van der Waals surface area contributed by atoms with Crippen LogP contribution in [0.25, 0.3) is 0 Å². The lowest BCUT2D eigenvalue weighted by atomic mass is 10.1. The lowest BCUT2D eigenvalue weighted by molar-refractivity contribution is -0.854. The van der Waals surface area contributed by atoms with E-state index in [0.29, 0.717) is 24.2 Å². The number of piperidine rings is 1. The number of nitrogens with two attached hydrogens (primary N) is 1. The molecule has 1 aliphatic rings. The van der Waals surface area contributed by atoms with Gasteiger partial charge in [-0.3, -0.25) is 5.84 Å². The van der Waals surface area contributed by atoms with Gasteiger partial charge in [-0.15, -0.1) is 0 Å². The Morgan fingerprint density at radius 1 is 1.50 bits per heavy atom. The van der Waals surface area contributed by atoms with Gasteiger partial charge in [0, 0.05) is 25.9 Å². The molecule has 0 aromatic carbocycles. The van der Waals surface area contributed by atoms with Crippen LogP contribution in [0.5, 0.6) is 0 Å². The molecule has 0 bridgehead atoms. The highest BCUT2D eigenvalue weighted by atomic mass is 16.5. The third-order valence-electron chi connectivity index (χ3n) is 2.09. The number of nitrogens with one attached hydrogen (secondary N) is 1. The van der Waals surface area contributed by atoms with Crippen LogP contribution in [0.3, 0.4) is 0 Å². The van der Waals surface area contributed by atoms with Crippen molar-refractivity contribution in [1.29, 1.82) is 0 Å². The first-order valence-corrected chi connectivity index (χ1v) is 3.69. The van der Waals surface area contributed by atoms with Crippen LogP contribution in [-0.4, -0.2) is 31.2 Å². The second kappa shape index (κ2) is 3.30. The van der Waals surface area contributed by atoms with E-state index in [-0.39, 0.29) is 0 Å². The van der Waals surface area contributed by atoms with E-state index >= 15 is 0 Å². The van der Waals surface area contributed by atoms with Gasteiger partial charge in [-0.1, -0.05) is 0 Å². The molecule has 4 heteroatoms. The van der Waals surface area contributed by atoms with Crippen molar-refractivity contribution in [2.24, 2.45) is 5.84 Å². The van der Waals surface area contributed by atoms with Gasteiger partial charge in [0.05, 0.1) is 13.1 Å². The number of nitrogens with zero attached hydrogens (tertiary/aromatic N) is 1. The minimum absolute atomic E-state index is 0.387. The highest BCUT2D eigenvalue weighted by molar-refractivity contribution is 4.66. The van der Waals surface area contributed by atoms with Crippen molar-refractivity contribution in [2.45, 2.75) is 18.9 Å². The first-order valence-electron chi connectivity index (χ1n) is 3.69. The van der Waals surface area contributed by atoms with Gasteiger partial charge in [0.1, 0.15) is 0 Å². The largest absolute Gasteiger partial charge is 0.634 e. The first kappa shape index (κ1) is 7.94. The Morgan fingerprint density at radius 3 is 2.40 bits per heavy atom. The van der Waals surface area contributed by atoms with Gasteiger partial charge in [0.25, 0.3) is 0 Å². The zero-order valence-corrected chi connectivity index (χ0v) is 6.34. The summed E-state index contributed by atoms with van der Waals surface area (Å²) in [6.45, 7) is 1.43. The fraction of sp³-hybridized carbons (Fsp3) is 1.00. The molecular weight excluding hydrogens is 130 g/mol. The molecule has 0 aromatic rings. The Labute approximate surface area is 61.1 Å². The normalized spacial score (nSPS) is 34.8. The van der Waals surface area contributed by atoms with E-state index in [9.17, 15) is 5.21 Å². The second-order valence-electron chi connectivity index (χ2n) is 2.94. The van der Waals surface area contributed by atoms with Crippen LogP contribution < -0.4 is 10.9 Å². The summed E-state index contributed by atoms with van der Waals surface area (Å²) in [5, 5.41) is 12.9. The zero-order chi connectivity index (χ0) is 7.56. The maximum atomic E-state index is 10.8. The fourth-order valence-corrected chi connectivity index (χ4v) is 1.33. The Morgan fingerprint density at radius 2 is 2.00 bits per heavy atom. The summed E-state index contributed by atoms with van der Waals surface area (Å²) >= 11 is 0. The first-order chi connectivity index (χ1) is 4.70. The molecule has 10 heavy (non-hydrogen) atoms. The monoisotopic (exact) mass is 145 g/mol. The van der Waals surface area contributed by atoms with Crippen molar-refractivity contribution in [1.82, 2.24) is 5.01 Å². The molecule has 0 aliphatic carbocycles. The van der Waals surface area contributed by atoms with Gasteiger partial charge in [0.15, 0.2) is 0 Å². The highest BCUT2D eigenvalue weighted by Crippen LogP contribution is 2.02. The molecule has 3 N–H and O–H groups in total. The average Bonchev–Trinajstić information content (AvgIpc) is 1.88. The summed E-state index contributed by atoms with van der Waals surface area (Å²) in [6, 6.07) is 0.428. The average molecular weight is 145 g/mol. The standard InChI is InChI=1S/C6H15N3O/c1-8(7)6-2-4-9(10)5-3-6/h6,9H,2-5,7H2,1H3. The van der Waals surface area contributed by atoms with E-state index in [1.807, 2.05) is 7.05 Å². The van der Waals surface area contributed by atoms with Crippen molar-refractivity contribution >= 4 is 0 Å². The number of hydrazine groups is 1. The molecule has 1 heterocycles. The number of hydrogen-bond acceptors (Lipinski definition) is 3. The molecule has 1 saturated heterocycles. The van der Waals surface area contributed by atoms with Gasteiger partial charge < -0.3 is 10.3 Å². The third kappa shape index (κ3) is 1.91. The van der Waals surface area contributed by atoms with Crippen molar-refractivity contribution in [3.8, 4) is 0 Å². The summed E-state index contributed by atoms with van der Waals surface area (Å²) in [5.74, 6) is 5.53. The van der Waals surface area contributed by atoms with Crippen LogP contribution in [-0.2, 0) is 0 Å². The number of rotatable bonds is 1. The predicted octanol–water partition coefficient (Wildman–Crippen LogP) is -1.66. The molecule has 0 saturated carbocycles. The van der Waals surface area contributed by atoms with Crippen molar-refractivity contribution in [3.63, 3.8) is 0 Å². The predicted molar refractivity (Wildman–Crippen MR) is 39.0 cm³/mol. The Balaban J connectivity index is 2.26. The van der Waals surface area contributed by atoms with Gasteiger partial charge >= 0.3 is 0 Å². The molecule has 1 aliphatic heterocycles. The SMILES string of the molecule is CN(N)C1CC[NH+]([O-])CC1. The van der Waals surface area contributed by atoms with Crippen LogP contribution >= 0.6 is 0 Å². The molecule has 0 radical (unpaired) electrons. The molecule has 0 amide bonds. The topological polar surface area (TPSA) is 56.8 Å². The van der Waals surface area contributed by atoms with Crippen LogP contribution in [0.15, 0.2) is 0 Å². The molecule has 60 valence electrons. The summed E-state index contributed by atoms with van der Waals surface area (Å²) in [5.41, 5.74) is 0. The van der Waals surface area contributed by atoms with Crippen LogP contribution in [0, 0.1) is 5.21 Å². The molecule has 0 unspecified atom stereocenters. The molecule has 0 atom stereocenters. The lowest BCUT2D eigenvalue weighted by Gasteiger charge is -2.34. The molecule has 0 spiro atoms. The number of hydroxylamine groups is 2. The van der Waals surface area contributed by atoms with Crippen molar-refractivity contribution in [3.05, 3.63) is 5.21 Å². The minimum Gasteiger partial charge on any atom is -0.634 e. The Hall–Kier alpha value is -0.160. The second-order valence-corrected chi connectivity index (χ2v) is 2.94. The minimum atomic E-state index is 0.387. The molecule has 0 aromatic heterocycles. The van der Waals surface area contributed by atoms with Gasteiger partial charge in [-0.25, -0.2) is 5.01 Å². The van der Waals surface area contributed by atoms with E-state index in [2.05, 4.69) is 0 Å². The maximum Gasteiger partial charge on any atom is 0.0783 e. The van der Waals surface area contributed by atoms with Gasteiger partial charge in [0.2, 0.25) is 0 Å². The van der Waals surface area contributed by atoms with E-state index in [1.165, 1.54) is 0 Å². The smallest absolute Gasteiger partial charge is 0.0783 e. The molecular formula is C6H15N3O. The molecule has 1 fully saturated rings. The van der Waals surface area contributed by atoms with E-state index in [0.717, 1.165) is 12.8 Å². The Kier molecular flexibility index (Phi) is 2.62. The van der Waals surface area contributed by atoms with Crippen LogP contribution in [0.1, 0.15) is 12.8 Å². The van der Waals surface area contributed by atoms with Gasteiger partial charge in [-0.05, 0) is 0 Å². The Bertz CT molecular complexity index is 99.2. The van der Waals surface area contributed by atoms with E-state index in [4.69, 9.17) is 5.84 Å². The summed E-state index contributed by atoms with van der Waals surface area (Å²) in [4.78, 5) is 0. The van der Waals surface area contributed by atoms with Crippen molar-refractivity contribution < 1.29 is 5.06 Å². The number of quaternary nitrogens is 1. The molecule has 4 nitrogen and oxygen atoms in total. The maximum absolute atomic E-state index is 10.8. The van der Waals surface area contributed by atoms with Crippen LogP contribution in [0.2, 0.25) is 0 Å². The van der Waals surface area contributed by atoms with E-state index < -0.39 is 0 Å². The quantitative estimate of drug-likeness (QED) is 0.264. The van der Waals surface area contributed by atoms with E-state index in [1.54, 1.807) is 5.01 Å². The zero-order valence-electron chi connectivity index (χ0n) is 6.34. The lowest BCUT2D eigenvalue weighted by Crippen LogP contribution is -3.08. The molecule has 1 rings (SSSR count). The summed E-state index contributed by atoms with van der Waals surface area (Å²) < 4.78 is 0. The number of hydrogen-bond donors (Lipinski definition) is 2.